The van der Waals surface area contributed by atoms with E-state index in [1.54, 1.807) is 15.6 Å². The highest BCUT2D eigenvalue weighted by Gasteiger charge is 2.24. The molecule has 0 aliphatic heterocycles. The van der Waals surface area contributed by atoms with Crippen LogP contribution in [0.1, 0.15) is 25.7 Å². The summed E-state index contributed by atoms with van der Waals surface area (Å²) < 4.78 is 29.5. The molecule has 10 nitrogen and oxygen atoms in total. The Hall–Kier alpha value is -3.57. The van der Waals surface area contributed by atoms with E-state index in [0.29, 0.717) is 5.82 Å². The van der Waals surface area contributed by atoms with Crippen molar-refractivity contribution in [1.29, 1.82) is 0 Å². The molecule has 0 unspecified atom stereocenters. The van der Waals surface area contributed by atoms with Crippen molar-refractivity contribution in [3.8, 4) is 33.6 Å². The Morgan fingerprint density at radius 1 is 0.861 bits per heavy atom. The predicted octanol–water partition coefficient (Wildman–Crippen LogP) is 3.22. The molecule has 1 fully saturated rings. The zero-order valence-corrected chi connectivity index (χ0v) is 21.4. The van der Waals surface area contributed by atoms with Gasteiger partial charge in [-0.05, 0) is 37.3 Å². The Balaban J connectivity index is 1.43. The van der Waals surface area contributed by atoms with Crippen molar-refractivity contribution in [1.82, 2.24) is 34.3 Å². The summed E-state index contributed by atoms with van der Waals surface area (Å²) in [5.74, 6) is 1.38. The van der Waals surface area contributed by atoms with Crippen molar-refractivity contribution < 1.29 is 8.42 Å². The Bertz CT molecular complexity index is 1470. The Morgan fingerprint density at radius 2 is 1.50 bits per heavy atom. The highest BCUT2D eigenvalue weighted by Crippen LogP contribution is 2.32. The standard InChI is InChI=1S/C25H30N8O2S/c1-32-15-19(12-27-32)17-5-4-6-18(11-17)24-26-14-23(20-13-28-33(2)16-20)25(30-24)29-21-7-9-22(10-8-21)31-36(3,34)35/h4-6,11-16,21-22,31H,7-10H2,1-3H3,(H,26,29,30). The van der Waals surface area contributed by atoms with Crippen LogP contribution >= 0.6 is 0 Å². The smallest absolute Gasteiger partial charge is 0.208 e. The zero-order valence-electron chi connectivity index (χ0n) is 20.6. The molecule has 1 aromatic carbocycles. The first-order valence-electron chi connectivity index (χ1n) is 11.9. The summed E-state index contributed by atoms with van der Waals surface area (Å²) in [6.07, 6.45) is 13.9. The van der Waals surface area contributed by atoms with E-state index in [-0.39, 0.29) is 12.1 Å². The largest absolute Gasteiger partial charge is 0.367 e. The molecule has 0 spiro atoms. The van der Waals surface area contributed by atoms with E-state index in [1.165, 1.54) is 6.26 Å². The number of nitrogens with one attached hydrogen (secondary N) is 2. The van der Waals surface area contributed by atoms with Gasteiger partial charge in [-0.15, -0.1) is 0 Å². The molecule has 5 rings (SSSR count). The topological polar surface area (TPSA) is 120 Å². The number of anilines is 1. The van der Waals surface area contributed by atoms with Crippen molar-refractivity contribution in [2.24, 2.45) is 14.1 Å². The molecular weight excluding hydrogens is 476 g/mol. The lowest BCUT2D eigenvalue weighted by Crippen LogP contribution is -2.39. The van der Waals surface area contributed by atoms with Crippen molar-refractivity contribution >= 4 is 15.8 Å². The Kier molecular flexibility index (Phi) is 6.59. The summed E-state index contributed by atoms with van der Waals surface area (Å²) in [4.78, 5) is 9.64. The first kappa shape index (κ1) is 24.1. The minimum atomic E-state index is -3.20. The molecule has 0 radical (unpaired) electrons. The fourth-order valence-electron chi connectivity index (χ4n) is 4.66. The van der Waals surface area contributed by atoms with Gasteiger partial charge in [0.2, 0.25) is 10.0 Å². The van der Waals surface area contributed by atoms with Crippen LogP contribution in [0.15, 0.2) is 55.2 Å². The summed E-state index contributed by atoms with van der Waals surface area (Å²) in [5.41, 5.74) is 4.81. The van der Waals surface area contributed by atoms with Gasteiger partial charge in [0.1, 0.15) is 5.82 Å². The van der Waals surface area contributed by atoms with Crippen molar-refractivity contribution in [2.75, 3.05) is 11.6 Å². The van der Waals surface area contributed by atoms with Crippen LogP contribution in [-0.2, 0) is 24.1 Å². The maximum absolute atomic E-state index is 11.6. The molecule has 1 aliphatic rings. The summed E-state index contributed by atoms with van der Waals surface area (Å²) >= 11 is 0. The third-order valence-electron chi connectivity index (χ3n) is 6.41. The quantitative estimate of drug-likeness (QED) is 0.395. The first-order chi connectivity index (χ1) is 17.2. The second-order valence-corrected chi connectivity index (χ2v) is 11.2. The van der Waals surface area contributed by atoms with Crippen LogP contribution in [0.5, 0.6) is 0 Å². The van der Waals surface area contributed by atoms with Crippen LogP contribution in [0.2, 0.25) is 0 Å². The number of sulfonamides is 1. The Labute approximate surface area is 210 Å². The van der Waals surface area contributed by atoms with Crippen molar-refractivity contribution in [2.45, 2.75) is 37.8 Å². The van der Waals surface area contributed by atoms with Gasteiger partial charge in [-0.1, -0.05) is 18.2 Å². The van der Waals surface area contributed by atoms with Gasteiger partial charge in [0.05, 0.1) is 18.6 Å². The number of hydrogen-bond donors (Lipinski definition) is 2. The lowest BCUT2D eigenvalue weighted by molar-refractivity contribution is 0.387. The van der Waals surface area contributed by atoms with Crippen LogP contribution in [-0.4, -0.2) is 56.3 Å². The number of rotatable bonds is 7. The highest BCUT2D eigenvalue weighted by molar-refractivity contribution is 7.88. The summed E-state index contributed by atoms with van der Waals surface area (Å²) in [5, 5.41) is 12.2. The molecule has 3 aromatic heterocycles. The molecule has 2 N–H and O–H groups in total. The van der Waals surface area contributed by atoms with Crippen molar-refractivity contribution in [3.05, 3.63) is 55.2 Å². The number of benzene rings is 1. The number of nitrogens with zero attached hydrogens (tertiary/aromatic N) is 6. The highest BCUT2D eigenvalue weighted by atomic mass is 32.2. The third-order valence-corrected chi connectivity index (χ3v) is 7.17. The van der Waals surface area contributed by atoms with Gasteiger partial charge < -0.3 is 5.32 Å². The average molecular weight is 507 g/mol. The maximum Gasteiger partial charge on any atom is 0.208 e. The molecule has 1 saturated carbocycles. The second kappa shape index (κ2) is 9.82. The lowest BCUT2D eigenvalue weighted by atomic mass is 9.91. The van der Waals surface area contributed by atoms with Gasteiger partial charge in [0.15, 0.2) is 5.82 Å². The second-order valence-electron chi connectivity index (χ2n) is 9.42. The van der Waals surface area contributed by atoms with Gasteiger partial charge in [0.25, 0.3) is 0 Å². The molecule has 1 aliphatic carbocycles. The summed E-state index contributed by atoms with van der Waals surface area (Å²) in [6, 6.07) is 8.29. The van der Waals surface area contributed by atoms with E-state index in [9.17, 15) is 8.42 Å². The molecule has 36 heavy (non-hydrogen) atoms. The van der Waals surface area contributed by atoms with Gasteiger partial charge in [-0.2, -0.15) is 10.2 Å². The molecule has 0 atom stereocenters. The van der Waals surface area contributed by atoms with E-state index in [2.05, 4.69) is 26.3 Å². The fourth-order valence-corrected chi connectivity index (χ4v) is 5.50. The van der Waals surface area contributed by atoms with Crippen molar-refractivity contribution in [3.63, 3.8) is 0 Å². The fraction of sp³-hybridized carbons (Fsp3) is 0.360. The summed E-state index contributed by atoms with van der Waals surface area (Å²) in [7, 11) is 0.575. The first-order valence-corrected chi connectivity index (χ1v) is 13.8. The SMILES string of the molecule is Cn1cc(-c2cccc(-c3ncc(-c4cnn(C)c4)c(NC4CCC(NS(C)(=O)=O)CC4)n3)c2)cn1. The number of hydrogen-bond acceptors (Lipinski definition) is 7. The Morgan fingerprint density at radius 3 is 2.14 bits per heavy atom. The van der Waals surface area contributed by atoms with E-state index < -0.39 is 10.0 Å². The van der Waals surface area contributed by atoms with Gasteiger partial charge >= 0.3 is 0 Å². The van der Waals surface area contributed by atoms with E-state index in [0.717, 1.165) is 59.3 Å². The minimum Gasteiger partial charge on any atom is -0.367 e. The molecule has 3 heterocycles. The molecule has 11 heteroatoms. The van der Waals surface area contributed by atoms with Crippen LogP contribution in [0.3, 0.4) is 0 Å². The molecule has 4 aromatic rings. The van der Waals surface area contributed by atoms with Crippen LogP contribution < -0.4 is 10.0 Å². The number of aromatic nitrogens is 6. The van der Waals surface area contributed by atoms with Crippen LogP contribution in [0, 0.1) is 0 Å². The summed E-state index contributed by atoms with van der Waals surface area (Å²) in [6.45, 7) is 0. The molecule has 0 amide bonds. The van der Waals surface area contributed by atoms with E-state index in [1.807, 2.05) is 57.1 Å². The number of aryl methyl sites for hydroxylation is 2. The third kappa shape index (κ3) is 5.63. The molecule has 0 saturated heterocycles. The van der Waals surface area contributed by atoms with Gasteiger partial charge in [-0.25, -0.2) is 23.1 Å². The average Bonchev–Trinajstić information content (AvgIpc) is 3.48. The zero-order chi connectivity index (χ0) is 25.3. The van der Waals surface area contributed by atoms with E-state index in [4.69, 9.17) is 9.97 Å². The molecule has 0 bridgehead atoms. The van der Waals surface area contributed by atoms with Gasteiger partial charge in [-0.3, -0.25) is 9.36 Å². The molecule has 188 valence electrons. The maximum atomic E-state index is 11.6. The van der Waals surface area contributed by atoms with Crippen LogP contribution in [0.4, 0.5) is 5.82 Å². The molecular formula is C25H30N8O2S. The monoisotopic (exact) mass is 506 g/mol. The van der Waals surface area contributed by atoms with E-state index >= 15 is 0 Å². The lowest BCUT2D eigenvalue weighted by Gasteiger charge is -2.30. The minimum absolute atomic E-state index is 0.0213. The normalized spacial score (nSPS) is 18.3. The predicted molar refractivity (Wildman–Crippen MR) is 140 cm³/mol. The van der Waals surface area contributed by atoms with Gasteiger partial charge in [0, 0.05) is 67.0 Å². The van der Waals surface area contributed by atoms with Crippen LogP contribution in [0.25, 0.3) is 33.6 Å².